The summed E-state index contributed by atoms with van der Waals surface area (Å²) in [6.45, 7) is 2.33. The lowest BCUT2D eigenvalue weighted by molar-refractivity contribution is -0.134. The Morgan fingerprint density at radius 2 is 2.38 bits per heavy atom. The van der Waals surface area contributed by atoms with Crippen molar-refractivity contribution in [1.29, 1.82) is 0 Å². The van der Waals surface area contributed by atoms with Gasteiger partial charge in [-0.2, -0.15) is 0 Å². The number of ether oxygens (including phenoxy) is 1. The number of imidazole rings is 1. The number of nitrogens with one attached hydrogen (secondary N) is 1. The SMILES string of the molecule is CCNC(=O)[C@@H]1C[C@@H](O)[C@H](n2cnc3c(N)ncnc32)O1. The maximum absolute atomic E-state index is 11.8. The van der Waals surface area contributed by atoms with Gasteiger partial charge < -0.3 is 20.9 Å². The number of nitrogen functional groups attached to an aromatic ring is 1. The minimum absolute atomic E-state index is 0.219. The van der Waals surface area contributed by atoms with Crippen molar-refractivity contribution in [3.05, 3.63) is 12.7 Å². The lowest BCUT2D eigenvalue weighted by Gasteiger charge is -2.16. The fourth-order valence-electron chi connectivity index (χ4n) is 2.41. The van der Waals surface area contributed by atoms with Crippen LogP contribution in [0, 0.1) is 0 Å². The molecule has 112 valence electrons. The molecular weight excluding hydrogens is 276 g/mol. The summed E-state index contributed by atoms with van der Waals surface area (Å²) in [4.78, 5) is 23.9. The molecule has 0 spiro atoms. The van der Waals surface area contributed by atoms with Crippen molar-refractivity contribution in [2.75, 3.05) is 12.3 Å². The van der Waals surface area contributed by atoms with E-state index in [1.807, 2.05) is 6.92 Å². The number of carbonyl (C=O) groups excluding carboxylic acids is 1. The van der Waals surface area contributed by atoms with Gasteiger partial charge >= 0.3 is 0 Å². The summed E-state index contributed by atoms with van der Waals surface area (Å²) in [5, 5.41) is 12.8. The molecule has 1 aliphatic heterocycles. The number of likely N-dealkylation sites (N-methyl/N-ethyl adjacent to an activating group) is 1. The molecule has 21 heavy (non-hydrogen) atoms. The van der Waals surface area contributed by atoms with E-state index in [0.29, 0.717) is 17.7 Å². The van der Waals surface area contributed by atoms with Crippen LogP contribution in [0.2, 0.25) is 0 Å². The summed E-state index contributed by atoms with van der Waals surface area (Å²) < 4.78 is 7.21. The van der Waals surface area contributed by atoms with Gasteiger partial charge in [0, 0.05) is 13.0 Å². The number of carbonyl (C=O) groups is 1. The largest absolute Gasteiger partial charge is 0.388 e. The van der Waals surface area contributed by atoms with Gasteiger partial charge in [0.05, 0.1) is 6.33 Å². The monoisotopic (exact) mass is 292 g/mol. The molecule has 2 aromatic rings. The van der Waals surface area contributed by atoms with Gasteiger partial charge in [-0.15, -0.1) is 0 Å². The summed E-state index contributed by atoms with van der Waals surface area (Å²) >= 11 is 0. The molecule has 1 fully saturated rings. The van der Waals surface area contributed by atoms with E-state index in [1.165, 1.54) is 12.7 Å². The zero-order valence-corrected chi connectivity index (χ0v) is 11.4. The average molecular weight is 292 g/mol. The Hall–Kier alpha value is -2.26. The number of anilines is 1. The summed E-state index contributed by atoms with van der Waals surface area (Å²) in [6, 6.07) is 0. The van der Waals surface area contributed by atoms with Crippen LogP contribution in [0.5, 0.6) is 0 Å². The van der Waals surface area contributed by atoms with Gasteiger partial charge in [0.1, 0.15) is 24.1 Å². The van der Waals surface area contributed by atoms with Crippen LogP contribution in [0.3, 0.4) is 0 Å². The van der Waals surface area contributed by atoms with E-state index in [4.69, 9.17) is 10.5 Å². The molecule has 0 aliphatic carbocycles. The highest BCUT2D eigenvalue weighted by Gasteiger charge is 2.39. The first-order valence-electron chi connectivity index (χ1n) is 6.66. The number of hydrogen-bond acceptors (Lipinski definition) is 7. The Labute approximate surface area is 120 Å². The predicted molar refractivity (Wildman–Crippen MR) is 73.0 cm³/mol. The molecule has 0 bridgehead atoms. The first-order chi connectivity index (χ1) is 10.1. The molecule has 1 aliphatic rings. The quantitative estimate of drug-likeness (QED) is 0.675. The van der Waals surface area contributed by atoms with Crippen molar-refractivity contribution in [2.24, 2.45) is 0 Å². The molecule has 2 aromatic heterocycles. The Morgan fingerprint density at radius 3 is 3.14 bits per heavy atom. The normalized spacial score (nSPS) is 25.3. The van der Waals surface area contributed by atoms with Crippen LogP contribution in [0.1, 0.15) is 19.6 Å². The highest BCUT2D eigenvalue weighted by atomic mass is 16.5. The minimum atomic E-state index is -0.828. The second-order valence-corrected chi connectivity index (χ2v) is 4.80. The second kappa shape index (κ2) is 5.26. The van der Waals surface area contributed by atoms with Crippen molar-refractivity contribution in [1.82, 2.24) is 24.8 Å². The number of aromatic nitrogens is 4. The molecule has 0 radical (unpaired) electrons. The standard InChI is InChI=1S/C12H16N6O3/c1-2-14-11(20)7-3-6(19)12(21-7)18-5-17-8-9(13)15-4-16-10(8)18/h4-7,12,19H,2-3H2,1H3,(H,14,20)(H2,13,15,16)/t6-,7+,12-/m1/s1. The van der Waals surface area contributed by atoms with Crippen molar-refractivity contribution >= 4 is 22.9 Å². The van der Waals surface area contributed by atoms with E-state index in [2.05, 4.69) is 20.3 Å². The number of fused-ring (bicyclic) bond motifs is 1. The van der Waals surface area contributed by atoms with Gasteiger partial charge in [0.2, 0.25) is 5.91 Å². The molecule has 9 heteroatoms. The number of amides is 1. The van der Waals surface area contributed by atoms with E-state index >= 15 is 0 Å². The molecule has 9 nitrogen and oxygen atoms in total. The van der Waals surface area contributed by atoms with Crippen LogP contribution < -0.4 is 11.1 Å². The summed E-state index contributed by atoms with van der Waals surface area (Å²) in [6.07, 6.45) is 0.767. The third kappa shape index (κ3) is 2.30. The Morgan fingerprint density at radius 1 is 1.57 bits per heavy atom. The van der Waals surface area contributed by atoms with E-state index in [9.17, 15) is 9.90 Å². The highest BCUT2D eigenvalue weighted by Crippen LogP contribution is 2.31. The molecule has 3 atom stereocenters. The van der Waals surface area contributed by atoms with E-state index in [0.717, 1.165) is 0 Å². The van der Waals surface area contributed by atoms with Gasteiger partial charge in [-0.3, -0.25) is 9.36 Å². The zero-order valence-electron chi connectivity index (χ0n) is 11.4. The Kier molecular flexibility index (Phi) is 3.43. The van der Waals surface area contributed by atoms with Gasteiger partial charge in [0.25, 0.3) is 0 Å². The molecule has 3 rings (SSSR count). The van der Waals surface area contributed by atoms with E-state index in [1.54, 1.807) is 4.57 Å². The van der Waals surface area contributed by atoms with Gasteiger partial charge in [0.15, 0.2) is 17.7 Å². The molecule has 1 saturated heterocycles. The summed E-state index contributed by atoms with van der Waals surface area (Å²) in [5.74, 6) is 0.0177. The van der Waals surface area contributed by atoms with Crippen LogP contribution in [-0.4, -0.2) is 49.3 Å². The Bertz CT molecular complexity index is 672. The number of nitrogens with zero attached hydrogens (tertiary/aromatic N) is 4. The minimum Gasteiger partial charge on any atom is -0.388 e. The maximum atomic E-state index is 11.8. The summed E-state index contributed by atoms with van der Waals surface area (Å²) in [7, 11) is 0. The highest BCUT2D eigenvalue weighted by molar-refractivity contribution is 5.82. The number of hydrogen-bond donors (Lipinski definition) is 3. The Balaban J connectivity index is 1.89. The van der Waals surface area contributed by atoms with Crippen LogP contribution in [0.15, 0.2) is 12.7 Å². The smallest absolute Gasteiger partial charge is 0.249 e. The third-order valence-electron chi connectivity index (χ3n) is 3.39. The first-order valence-corrected chi connectivity index (χ1v) is 6.66. The molecule has 1 amide bonds. The lowest BCUT2D eigenvalue weighted by Crippen LogP contribution is -2.34. The molecule has 0 saturated carbocycles. The number of aliphatic hydroxyl groups is 1. The number of nitrogens with two attached hydrogens (primary N) is 1. The van der Waals surface area contributed by atoms with Crippen molar-refractivity contribution in [3.8, 4) is 0 Å². The average Bonchev–Trinajstić information content (AvgIpc) is 3.03. The zero-order chi connectivity index (χ0) is 15.0. The van der Waals surface area contributed by atoms with Crippen molar-refractivity contribution < 1.29 is 14.6 Å². The first kappa shape index (κ1) is 13.7. The number of aliphatic hydroxyl groups excluding tert-OH is 1. The second-order valence-electron chi connectivity index (χ2n) is 4.80. The van der Waals surface area contributed by atoms with Crippen LogP contribution >= 0.6 is 0 Å². The van der Waals surface area contributed by atoms with Crippen molar-refractivity contribution in [3.63, 3.8) is 0 Å². The van der Waals surface area contributed by atoms with Gasteiger partial charge in [-0.25, -0.2) is 15.0 Å². The van der Waals surface area contributed by atoms with E-state index in [-0.39, 0.29) is 18.1 Å². The van der Waals surface area contributed by atoms with Gasteiger partial charge in [-0.05, 0) is 6.92 Å². The molecule has 3 heterocycles. The third-order valence-corrected chi connectivity index (χ3v) is 3.39. The molecular formula is C12H16N6O3. The fraction of sp³-hybridized carbons (Fsp3) is 0.500. The van der Waals surface area contributed by atoms with Gasteiger partial charge in [-0.1, -0.05) is 0 Å². The maximum Gasteiger partial charge on any atom is 0.249 e. The van der Waals surface area contributed by atoms with Crippen LogP contribution in [0.4, 0.5) is 5.82 Å². The van der Waals surface area contributed by atoms with Crippen LogP contribution in [-0.2, 0) is 9.53 Å². The molecule has 4 N–H and O–H groups in total. The predicted octanol–water partition coefficient (Wildman–Crippen LogP) is -0.807. The number of rotatable bonds is 3. The van der Waals surface area contributed by atoms with E-state index < -0.39 is 18.4 Å². The fourth-order valence-corrected chi connectivity index (χ4v) is 2.41. The molecule has 0 unspecified atom stereocenters. The lowest BCUT2D eigenvalue weighted by atomic mass is 10.2. The molecule has 0 aromatic carbocycles. The topological polar surface area (TPSA) is 128 Å². The summed E-state index contributed by atoms with van der Waals surface area (Å²) in [5.41, 5.74) is 6.62. The van der Waals surface area contributed by atoms with Crippen molar-refractivity contribution in [2.45, 2.75) is 31.8 Å². The van der Waals surface area contributed by atoms with Crippen LogP contribution in [0.25, 0.3) is 11.2 Å².